The fourth-order valence-electron chi connectivity index (χ4n) is 3.90. The lowest BCUT2D eigenvalue weighted by molar-refractivity contribution is -0.140. The van der Waals surface area contributed by atoms with Gasteiger partial charge in [-0.15, -0.1) is 0 Å². The minimum Gasteiger partial charge on any atom is -0.507 e. The summed E-state index contributed by atoms with van der Waals surface area (Å²) in [5.74, 6) is -0.811. The fraction of sp³-hybridized carbons (Fsp3) is 0.333. The number of ketones is 1. The predicted octanol–water partition coefficient (Wildman–Crippen LogP) is 3.69. The zero-order valence-electron chi connectivity index (χ0n) is 18.0. The Morgan fingerprint density at radius 2 is 1.80 bits per heavy atom. The first kappa shape index (κ1) is 21.6. The number of rotatable bonds is 6. The number of Topliss-reactive ketones (excluding diaryl/α,β-unsaturated/α-hetero) is 1. The minimum absolute atomic E-state index is 0.0920. The van der Waals surface area contributed by atoms with Gasteiger partial charge in [0.05, 0.1) is 25.3 Å². The molecule has 6 nitrogen and oxygen atoms in total. The lowest BCUT2D eigenvalue weighted by Crippen LogP contribution is -2.32. The zero-order chi connectivity index (χ0) is 22.0. The second-order valence-corrected chi connectivity index (χ2v) is 7.54. The van der Waals surface area contributed by atoms with Gasteiger partial charge < -0.3 is 19.5 Å². The second kappa shape index (κ2) is 8.71. The van der Waals surface area contributed by atoms with E-state index in [0.717, 1.165) is 22.3 Å². The van der Waals surface area contributed by atoms with Gasteiger partial charge in [0, 0.05) is 19.2 Å². The van der Waals surface area contributed by atoms with Crippen molar-refractivity contribution < 1.29 is 24.2 Å². The molecule has 0 saturated carbocycles. The van der Waals surface area contributed by atoms with Crippen molar-refractivity contribution in [3.8, 4) is 5.75 Å². The van der Waals surface area contributed by atoms with Crippen LogP contribution in [-0.4, -0.2) is 49.1 Å². The van der Waals surface area contributed by atoms with Gasteiger partial charge >= 0.3 is 0 Å². The smallest absolute Gasteiger partial charge is 0.295 e. The Hall–Kier alpha value is -3.12. The Bertz CT molecular complexity index is 1020. The van der Waals surface area contributed by atoms with Crippen LogP contribution in [0, 0.1) is 20.8 Å². The van der Waals surface area contributed by atoms with Crippen molar-refractivity contribution in [2.45, 2.75) is 26.8 Å². The molecule has 0 spiro atoms. The molecule has 158 valence electrons. The highest BCUT2D eigenvalue weighted by molar-refractivity contribution is 6.46. The quantitative estimate of drug-likeness (QED) is 0.447. The van der Waals surface area contributed by atoms with Crippen LogP contribution in [0.4, 0.5) is 0 Å². The monoisotopic (exact) mass is 409 g/mol. The maximum absolute atomic E-state index is 13.0. The fourth-order valence-corrected chi connectivity index (χ4v) is 3.90. The molecule has 2 aromatic rings. The lowest BCUT2D eigenvalue weighted by Gasteiger charge is -2.25. The molecule has 1 heterocycles. The van der Waals surface area contributed by atoms with Gasteiger partial charge in [-0.25, -0.2) is 0 Å². The Labute approximate surface area is 176 Å². The van der Waals surface area contributed by atoms with Crippen molar-refractivity contribution in [1.29, 1.82) is 0 Å². The third-order valence-electron chi connectivity index (χ3n) is 5.43. The molecule has 1 atom stereocenters. The molecule has 30 heavy (non-hydrogen) atoms. The zero-order valence-corrected chi connectivity index (χ0v) is 18.0. The summed E-state index contributed by atoms with van der Waals surface area (Å²) in [6.45, 7) is 6.18. The summed E-state index contributed by atoms with van der Waals surface area (Å²) in [4.78, 5) is 27.3. The summed E-state index contributed by atoms with van der Waals surface area (Å²) in [7, 11) is 3.13. The summed E-state index contributed by atoms with van der Waals surface area (Å²) < 4.78 is 10.5. The number of aliphatic hydroxyl groups is 1. The van der Waals surface area contributed by atoms with E-state index >= 15 is 0 Å². The largest absolute Gasteiger partial charge is 0.507 e. The Balaban J connectivity index is 2.22. The maximum Gasteiger partial charge on any atom is 0.295 e. The molecule has 1 N–H and O–H groups in total. The molecule has 2 aromatic carbocycles. The number of methoxy groups -OCH3 is 2. The standard InChI is InChI=1S/C24H27NO5/c1-14-7-6-8-17(11-14)21-20(23(27)24(28)25(21)9-10-29-4)22(26)18-12-16(3)19(30-5)13-15(18)2/h6-8,11-13,21,26H,9-10H2,1-5H3/b22-20+. The highest BCUT2D eigenvalue weighted by atomic mass is 16.5. The average molecular weight is 409 g/mol. The number of carbonyl (C=O) groups is 2. The summed E-state index contributed by atoms with van der Waals surface area (Å²) in [6, 6.07) is 10.5. The summed E-state index contributed by atoms with van der Waals surface area (Å²) >= 11 is 0. The molecule has 1 aliphatic heterocycles. The van der Waals surface area contributed by atoms with E-state index in [2.05, 4.69) is 0 Å². The number of aliphatic hydroxyl groups excluding tert-OH is 1. The number of benzene rings is 2. The van der Waals surface area contributed by atoms with Crippen LogP contribution in [0.25, 0.3) is 5.76 Å². The van der Waals surface area contributed by atoms with E-state index in [1.54, 1.807) is 20.3 Å². The van der Waals surface area contributed by atoms with Crippen molar-refractivity contribution in [3.05, 3.63) is 69.8 Å². The van der Waals surface area contributed by atoms with E-state index in [1.165, 1.54) is 4.90 Å². The molecule has 0 bridgehead atoms. The van der Waals surface area contributed by atoms with Crippen LogP contribution in [0.2, 0.25) is 0 Å². The molecule has 0 radical (unpaired) electrons. The maximum atomic E-state index is 13.0. The summed E-state index contributed by atoms with van der Waals surface area (Å²) in [6.07, 6.45) is 0. The molecule has 0 aliphatic carbocycles. The molecule has 1 amide bonds. The van der Waals surface area contributed by atoms with Gasteiger partial charge in [-0.1, -0.05) is 29.8 Å². The Morgan fingerprint density at radius 1 is 1.07 bits per heavy atom. The number of nitrogens with zero attached hydrogens (tertiary/aromatic N) is 1. The molecule has 1 aliphatic rings. The van der Waals surface area contributed by atoms with Crippen LogP contribution in [-0.2, 0) is 14.3 Å². The summed E-state index contributed by atoms with van der Waals surface area (Å²) in [5.41, 5.74) is 3.95. The van der Waals surface area contributed by atoms with E-state index in [9.17, 15) is 14.7 Å². The first-order valence-corrected chi connectivity index (χ1v) is 9.79. The van der Waals surface area contributed by atoms with Gasteiger partial charge in [-0.3, -0.25) is 9.59 Å². The highest BCUT2D eigenvalue weighted by Gasteiger charge is 2.46. The third-order valence-corrected chi connectivity index (χ3v) is 5.43. The number of hydrogen-bond donors (Lipinski definition) is 1. The van der Waals surface area contributed by atoms with Crippen LogP contribution in [0.15, 0.2) is 42.0 Å². The number of aryl methyl sites for hydroxylation is 3. The van der Waals surface area contributed by atoms with E-state index in [4.69, 9.17) is 9.47 Å². The summed E-state index contributed by atoms with van der Waals surface area (Å²) in [5, 5.41) is 11.2. The van der Waals surface area contributed by atoms with E-state index in [0.29, 0.717) is 11.3 Å². The Kier molecular flexibility index (Phi) is 6.27. The predicted molar refractivity (Wildman–Crippen MR) is 115 cm³/mol. The van der Waals surface area contributed by atoms with Crippen molar-refractivity contribution in [2.75, 3.05) is 27.4 Å². The van der Waals surface area contributed by atoms with Gasteiger partial charge in [0.1, 0.15) is 11.5 Å². The number of amides is 1. The SMILES string of the molecule is COCCN1C(=O)C(=O)/C(=C(/O)c2cc(C)c(OC)cc2C)C1c1cccc(C)c1. The molecule has 6 heteroatoms. The van der Waals surface area contributed by atoms with Crippen LogP contribution in [0.3, 0.4) is 0 Å². The number of hydrogen-bond acceptors (Lipinski definition) is 5. The highest BCUT2D eigenvalue weighted by Crippen LogP contribution is 2.40. The number of ether oxygens (including phenoxy) is 2. The van der Waals surface area contributed by atoms with E-state index in [1.807, 2.05) is 51.1 Å². The third kappa shape index (κ3) is 3.83. The van der Waals surface area contributed by atoms with Gasteiger partial charge in [0.2, 0.25) is 0 Å². The molecule has 1 saturated heterocycles. The van der Waals surface area contributed by atoms with Crippen molar-refractivity contribution in [1.82, 2.24) is 4.90 Å². The molecular weight excluding hydrogens is 382 g/mol. The van der Waals surface area contributed by atoms with Crippen LogP contribution < -0.4 is 4.74 Å². The first-order chi connectivity index (χ1) is 14.3. The van der Waals surface area contributed by atoms with Gasteiger partial charge in [0.25, 0.3) is 11.7 Å². The second-order valence-electron chi connectivity index (χ2n) is 7.54. The molecule has 0 aromatic heterocycles. The lowest BCUT2D eigenvalue weighted by atomic mass is 9.92. The van der Waals surface area contributed by atoms with E-state index in [-0.39, 0.29) is 24.5 Å². The van der Waals surface area contributed by atoms with Crippen LogP contribution in [0.5, 0.6) is 5.75 Å². The average Bonchev–Trinajstić information content (AvgIpc) is 2.97. The number of likely N-dealkylation sites (tertiary alicyclic amines) is 1. The van der Waals surface area contributed by atoms with Crippen molar-refractivity contribution >= 4 is 17.4 Å². The topological polar surface area (TPSA) is 76.1 Å². The van der Waals surface area contributed by atoms with Gasteiger partial charge in [-0.2, -0.15) is 0 Å². The Morgan fingerprint density at radius 3 is 2.43 bits per heavy atom. The first-order valence-electron chi connectivity index (χ1n) is 9.79. The van der Waals surface area contributed by atoms with Crippen LogP contribution in [0.1, 0.15) is 33.9 Å². The normalized spacial score (nSPS) is 18.2. The molecular formula is C24H27NO5. The molecule has 1 unspecified atom stereocenters. The molecule has 1 fully saturated rings. The van der Waals surface area contributed by atoms with Gasteiger partial charge in [0.15, 0.2) is 0 Å². The van der Waals surface area contributed by atoms with Gasteiger partial charge in [-0.05, 0) is 49.6 Å². The van der Waals surface area contributed by atoms with Crippen molar-refractivity contribution in [3.63, 3.8) is 0 Å². The van der Waals surface area contributed by atoms with Crippen LogP contribution >= 0.6 is 0 Å². The number of carbonyl (C=O) groups excluding carboxylic acids is 2. The molecule has 3 rings (SSSR count). The van der Waals surface area contributed by atoms with E-state index < -0.39 is 17.7 Å². The van der Waals surface area contributed by atoms with Crippen molar-refractivity contribution in [2.24, 2.45) is 0 Å². The minimum atomic E-state index is -0.692.